The van der Waals surface area contributed by atoms with Crippen molar-refractivity contribution in [2.75, 3.05) is 50.9 Å². The van der Waals surface area contributed by atoms with Crippen LogP contribution in [0.1, 0.15) is 40.5 Å². The molecule has 14 heteroatoms. The molecule has 0 radical (unpaired) electrons. The van der Waals surface area contributed by atoms with Crippen LogP contribution < -0.4 is 21.3 Å². The second kappa shape index (κ2) is 18.1. The number of hydrogen-bond donors (Lipinski definition) is 8. The quantitative estimate of drug-likeness (QED) is 0.0671. The van der Waals surface area contributed by atoms with Crippen molar-refractivity contribution in [2.45, 2.75) is 52.7 Å². The van der Waals surface area contributed by atoms with Gasteiger partial charge in [0.1, 0.15) is 12.2 Å². The molecule has 0 aromatic rings. The van der Waals surface area contributed by atoms with Gasteiger partial charge < -0.3 is 31.1 Å². The van der Waals surface area contributed by atoms with Crippen molar-refractivity contribution >= 4 is 45.2 Å². The summed E-state index contributed by atoms with van der Waals surface area (Å²) in [6.45, 7) is 7.40. The summed E-state index contributed by atoms with van der Waals surface area (Å²) in [5.74, 6) is -1.06. The monoisotopic (exact) mass is 554 g/mol. The molecule has 0 aliphatic rings. The molecule has 4 amide bonds. The van der Waals surface area contributed by atoms with Gasteiger partial charge in [0, 0.05) is 61.4 Å². The third-order valence-electron chi connectivity index (χ3n) is 5.18. The number of rotatable bonds is 19. The van der Waals surface area contributed by atoms with Crippen LogP contribution in [0.2, 0.25) is 0 Å². The number of aliphatic hydroxyl groups is 4. The predicted molar refractivity (Wildman–Crippen MR) is 140 cm³/mol. The van der Waals surface area contributed by atoms with E-state index in [1.54, 1.807) is 21.6 Å². The van der Waals surface area contributed by atoms with Gasteiger partial charge in [-0.1, -0.05) is 49.3 Å². The SMILES string of the molecule is CC(C)(CO)[C@@H](O)C(=O)NC(=O)CCNCCSSCCNCCC(=O)NC(=O)[C@H](O)C(C)(C)CO. The molecule has 8 N–H and O–H groups in total. The number of aliphatic hydroxyl groups excluding tert-OH is 4. The highest BCUT2D eigenvalue weighted by molar-refractivity contribution is 8.76. The summed E-state index contributed by atoms with van der Waals surface area (Å²) in [6.07, 6.45) is -2.80. The lowest BCUT2D eigenvalue weighted by molar-refractivity contribution is -0.142. The molecule has 0 saturated carbocycles. The number of imide groups is 2. The Bertz CT molecular complexity index is 652. The highest BCUT2D eigenvalue weighted by Crippen LogP contribution is 2.20. The van der Waals surface area contributed by atoms with E-state index in [9.17, 15) is 39.6 Å². The molecule has 0 aromatic carbocycles. The first-order valence-corrected chi connectivity index (χ1v) is 14.2. The van der Waals surface area contributed by atoms with Crippen LogP contribution >= 0.6 is 21.6 Å². The van der Waals surface area contributed by atoms with Crippen molar-refractivity contribution in [3.8, 4) is 0 Å². The summed E-state index contributed by atoms with van der Waals surface area (Å²) in [4.78, 5) is 47.2. The van der Waals surface area contributed by atoms with Crippen LogP contribution in [-0.4, -0.2) is 107 Å². The standard InChI is InChI=1S/C22H42N4O8S2/c1-21(2,13-27)17(31)19(33)25-15(29)5-7-23-9-11-35-36-12-10-24-8-6-16(30)26-20(34)18(32)22(3,4)14-28/h17-18,23-24,27-28,31-32H,5-14H2,1-4H3,(H,25,29,33)(H,26,30,34)/t17-,18-/m0/s1. The smallest absolute Gasteiger partial charge is 0.256 e. The van der Waals surface area contributed by atoms with Crippen LogP contribution in [0.3, 0.4) is 0 Å². The molecule has 0 heterocycles. The molecule has 0 aromatic heterocycles. The number of nitrogens with one attached hydrogen (secondary N) is 4. The van der Waals surface area contributed by atoms with Crippen LogP contribution in [0.5, 0.6) is 0 Å². The van der Waals surface area contributed by atoms with Crippen molar-refractivity contribution in [3.63, 3.8) is 0 Å². The maximum absolute atomic E-state index is 11.8. The number of amides is 4. The van der Waals surface area contributed by atoms with Gasteiger partial charge >= 0.3 is 0 Å². The zero-order valence-electron chi connectivity index (χ0n) is 21.5. The number of carbonyl (C=O) groups excluding carboxylic acids is 4. The molecule has 12 nitrogen and oxygen atoms in total. The first-order valence-electron chi connectivity index (χ1n) is 11.7. The summed E-state index contributed by atoms with van der Waals surface area (Å²) >= 11 is 0. The van der Waals surface area contributed by atoms with Gasteiger partial charge in [0.25, 0.3) is 11.8 Å². The molecule has 36 heavy (non-hydrogen) atoms. The fraction of sp³-hybridized carbons (Fsp3) is 0.818. The first-order chi connectivity index (χ1) is 16.8. The predicted octanol–water partition coefficient (Wildman–Crippen LogP) is -1.63. The lowest BCUT2D eigenvalue weighted by Gasteiger charge is -2.26. The van der Waals surface area contributed by atoms with Crippen molar-refractivity contribution in [3.05, 3.63) is 0 Å². The molecular weight excluding hydrogens is 512 g/mol. The van der Waals surface area contributed by atoms with Gasteiger partial charge in [-0.05, 0) is 0 Å². The van der Waals surface area contributed by atoms with E-state index in [0.29, 0.717) is 26.2 Å². The Kier molecular flexibility index (Phi) is 17.4. The Labute approximate surface area is 220 Å². The van der Waals surface area contributed by atoms with E-state index in [0.717, 1.165) is 11.5 Å². The summed E-state index contributed by atoms with van der Waals surface area (Å²) < 4.78 is 0. The Morgan fingerprint density at radius 3 is 1.31 bits per heavy atom. The molecule has 0 aliphatic heterocycles. The topological polar surface area (TPSA) is 197 Å². The Balaban J connectivity index is 3.70. The van der Waals surface area contributed by atoms with Gasteiger partial charge in [0.05, 0.1) is 13.2 Å². The van der Waals surface area contributed by atoms with Crippen LogP contribution in [0, 0.1) is 10.8 Å². The molecule has 0 spiro atoms. The molecule has 2 atom stereocenters. The van der Waals surface area contributed by atoms with Gasteiger partial charge in [-0.15, -0.1) is 0 Å². The lowest BCUT2D eigenvalue weighted by atomic mass is 9.87. The number of carbonyl (C=O) groups is 4. The van der Waals surface area contributed by atoms with E-state index in [2.05, 4.69) is 21.3 Å². The van der Waals surface area contributed by atoms with E-state index >= 15 is 0 Å². The van der Waals surface area contributed by atoms with E-state index in [1.165, 1.54) is 27.7 Å². The Morgan fingerprint density at radius 2 is 1.00 bits per heavy atom. The molecular formula is C22H42N4O8S2. The highest BCUT2D eigenvalue weighted by Gasteiger charge is 2.34. The minimum Gasteiger partial charge on any atom is -0.396 e. The largest absolute Gasteiger partial charge is 0.396 e. The third-order valence-corrected chi connectivity index (χ3v) is 7.59. The summed E-state index contributed by atoms with van der Waals surface area (Å²) in [5, 5.41) is 48.5. The van der Waals surface area contributed by atoms with Crippen LogP contribution in [0.4, 0.5) is 0 Å². The zero-order chi connectivity index (χ0) is 27.8. The van der Waals surface area contributed by atoms with E-state index in [-0.39, 0.29) is 26.1 Å². The van der Waals surface area contributed by atoms with Gasteiger partial charge in [-0.25, -0.2) is 0 Å². The van der Waals surface area contributed by atoms with Gasteiger partial charge in [0.2, 0.25) is 11.8 Å². The average molecular weight is 555 g/mol. The summed E-state index contributed by atoms with van der Waals surface area (Å²) in [7, 11) is 3.29. The van der Waals surface area contributed by atoms with Crippen LogP contribution in [0.25, 0.3) is 0 Å². The zero-order valence-corrected chi connectivity index (χ0v) is 23.1. The van der Waals surface area contributed by atoms with Crippen molar-refractivity contribution in [1.82, 2.24) is 21.3 Å². The van der Waals surface area contributed by atoms with Crippen molar-refractivity contribution < 1.29 is 39.6 Å². The van der Waals surface area contributed by atoms with Crippen molar-refractivity contribution in [1.29, 1.82) is 0 Å². The maximum Gasteiger partial charge on any atom is 0.256 e. The molecule has 0 unspecified atom stereocenters. The Morgan fingerprint density at radius 1 is 0.667 bits per heavy atom. The van der Waals surface area contributed by atoms with E-state index in [4.69, 9.17) is 0 Å². The van der Waals surface area contributed by atoms with Gasteiger partial charge in [0.15, 0.2) is 0 Å². The third kappa shape index (κ3) is 14.5. The van der Waals surface area contributed by atoms with Crippen LogP contribution in [0.15, 0.2) is 0 Å². The summed E-state index contributed by atoms with van der Waals surface area (Å²) in [5.41, 5.74) is -2.07. The first kappa shape index (κ1) is 34.7. The highest BCUT2D eigenvalue weighted by atomic mass is 33.1. The second-order valence-electron chi connectivity index (χ2n) is 9.57. The van der Waals surface area contributed by atoms with E-state index < -0.39 is 46.7 Å². The molecule has 0 rings (SSSR count). The van der Waals surface area contributed by atoms with Gasteiger partial charge in [-0.3, -0.25) is 29.8 Å². The molecule has 0 saturated heterocycles. The molecule has 0 bridgehead atoms. The summed E-state index contributed by atoms with van der Waals surface area (Å²) in [6, 6.07) is 0. The fourth-order valence-corrected chi connectivity index (χ4v) is 4.32. The molecule has 0 fully saturated rings. The van der Waals surface area contributed by atoms with E-state index in [1.807, 2.05) is 0 Å². The van der Waals surface area contributed by atoms with Crippen LogP contribution in [-0.2, 0) is 19.2 Å². The lowest BCUT2D eigenvalue weighted by Crippen LogP contribution is -2.47. The second-order valence-corrected chi connectivity index (χ2v) is 12.3. The maximum atomic E-state index is 11.8. The average Bonchev–Trinajstić information content (AvgIpc) is 2.83. The number of hydrogen-bond acceptors (Lipinski definition) is 12. The van der Waals surface area contributed by atoms with Gasteiger partial charge in [-0.2, -0.15) is 0 Å². The minimum atomic E-state index is -1.48. The fourth-order valence-electron chi connectivity index (χ4n) is 2.42. The molecule has 0 aliphatic carbocycles. The molecule has 210 valence electrons. The minimum absolute atomic E-state index is 0.0804. The normalized spacial score (nSPS) is 13.7. The Hall–Kier alpha value is -1.26. The van der Waals surface area contributed by atoms with Crippen molar-refractivity contribution in [2.24, 2.45) is 10.8 Å².